The third-order valence-corrected chi connectivity index (χ3v) is 2.39. The van der Waals surface area contributed by atoms with Gasteiger partial charge in [-0.15, -0.1) is 0 Å². The van der Waals surface area contributed by atoms with Crippen LogP contribution in [0, 0.1) is 0 Å². The zero-order chi connectivity index (χ0) is 18.4. The highest BCUT2D eigenvalue weighted by Crippen LogP contribution is 2.26. The van der Waals surface area contributed by atoms with E-state index in [0.29, 0.717) is 6.42 Å². The summed E-state index contributed by atoms with van der Waals surface area (Å²) in [6, 6.07) is 0. The summed E-state index contributed by atoms with van der Waals surface area (Å²) in [6.45, 7) is 17.2. The fourth-order valence-electron chi connectivity index (χ4n) is 1.76. The number of amides is 1. The standard InChI is InChI=1S/C13H25NO4.2C2H6/c1-10(15)7-17-12(2,3)9-13(4,5)18-8-11(16)14-6;2*1-2/h7-9H2,1-6H3,(H,14,16);2*1-2H3. The van der Waals surface area contributed by atoms with Crippen LogP contribution in [-0.4, -0.2) is 43.2 Å². The molecule has 0 bridgehead atoms. The molecule has 0 aromatic heterocycles. The molecule has 0 heterocycles. The maximum Gasteiger partial charge on any atom is 0.245 e. The second kappa shape index (κ2) is 13.7. The van der Waals surface area contributed by atoms with Crippen LogP contribution in [0.15, 0.2) is 0 Å². The Morgan fingerprint density at radius 3 is 1.55 bits per heavy atom. The molecule has 0 rings (SSSR count). The molecule has 134 valence electrons. The zero-order valence-electron chi connectivity index (χ0n) is 16.3. The molecule has 0 radical (unpaired) electrons. The van der Waals surface area contributed by atoms with Crippen LogP contribution in [0.3, 0.4) is 0 Å². The van der Waals surface area contributed by atoms with Crippen LogP contribution in [0.5, 0.6) is 0 Å². The maximum absolute atomic E-state index is 11.1. The first-order valence-corrected chi connectivity index (χ1v) is 8.06. The molecule has 0 saturated heterocycles. The van der Waals surface area contributed by atoms with Crippen molar-refractivity contribution in [1.82, 2.24) is 5.32 Å². The van der Waals surface area contributed by atoms with Gasteiger partial charge in [-0.05, 0) is 34.6 Å². The van der Waals surface area contributed by atoms with Gasteiger partial charge in [0.05, 0.1) is 11.2 Å². The number of ether oxygens (including phenoxy) is 2. The lowest BCUT2D eigenvalue weighted by molar-refractivity contribution is -0.141. The topological polar surface area (TPSA) is 64.6 Å². The summed E-state index contributed by atoms with van der Waals surface area (Å²) in [4.78, 5) is 22.0. The van der Waals surface area contributed by atoms with E-state index in [2.05, 4.69) is 5.32 Å². The molecule has 0 saturated carbocycles. The quantitative estimate of drug-likeness (QED) is 0.745. The predicted octanol–water partition coefficient (Wildman–Crippen LogP) is 3.35. The Balaban J connectivity index is -0.000000826. The van der Waals surface area contributed by atoms with E-state index in [0.717, 1.165) is 0 Å². The molecule has 0 unspecified atom stereocenters. The average Bonchev–Trinajstić information content (AvgIpc) is 2.46. The molecule has 0 fully saturated rings. The van der Waals surface area contributed by atoms with E-state index in [1.165, 1.54) is 6.92 Å². The summed E-state index contributed by atoms with van der Waals surface area (Å²) in [5.41, 5.74) is -0.968. The van der Waals surface area contributed by atoms with Crippen LogP contribution in [0.1, 0.15) is 68.7 Å². The van der Waals surface area contributed by atoms with Gasteiger partial charge in [0.25, 0.3) is 0 Å². The average molecular weight is 319 g/mol. The van der Waals surface area contributed by atoms with Gasteiger partial charge in [-0.1, -0.05) is 27.7 Å². The van der Waals surface area contributed by atoms with E-state index in [1.54, 1.807) is 7.05 Å². The highest BCUT2D eigenvalue weighted by molar-refractivity contribution is 5.77. The van der Waals surface area contributed by atoms with Gasteiger partial charge in [-0.2, -0.15) is 0 Å². The molecular weight excluding hydrogens is 282 g/mol. The zero-order valence-corrected chi connectivity index (χ0v) is 16.3. The number of hydrogen-bond acceptors (Lipinski definition) is 4. The number of carbonyl (C=O) groups excluding carboxylic acids is 2. The Bertz CT molecular complexity index is 299. The van der Waals surface area contributed by atoms with Crippen molar-refractivity contribution in [3.05, 3.63) is 0 Å². The molecule has 1 amide bonds. The summed E-state index contributed by atoms with van der Waals surface area (Å²) < 4.78 is 11.1. The maximum atomic E-state index is 11.1. The van der Waals surface area contributed by atoms with Crippen molar-refractivity contribution >= 4 is 11.7 Å². The largest absolute Gasteiger partial charge is 0.368 e. The van der Waals surface area contributed by atoms with E-state index < -0.39 is 11.2 Å². The van der Waals surface area contributed by atoms with Gasteiger partial charge in [0.1, 0.15) is 13.2 Å². The van der Waals surface area contributed by atoms with Gasteiger partial charge in [0.15, 0.2) is 5.78 Å². The van der Waals surface area contributed by atoms with Crippen LogP contribution in [-0.2, 0) is 19.1 Å². The number of rotatable bonds is 8. The van der Waals surface area contributed by atoms with E-state index in [9.17, 15) is 9.59 Å². The van der Waals surface area contributed by atoms with E-state index in [-0.39, 0.29) is 24.9 Å². The monoisotopic (exact) mass is 319 g/mol. The highest BCUT2D eigenvalue weighted by Gasteiger charge is 2.31. The second-order valence-electron chi connectivity index (χ2n) is 5.65. The Morgan fingerprint density at radius 1 is 0.864 bits per heavy atom. The summed E-state index contributed by atoms with van der Waals surface area (Å²) in [5, 5.41) is 2.50. The fraction of sp³-hybridized carbons (Fsp3) is 0.882. The molecule has 1 N–H and O–H groups in total. The van der Waals surface area contributed by atoms with Crippen molar-refractivity contribution in [2.45, 2.75) is 79.9 Å². The fourth-order valence-corrected chi connectivity index (χ4v) is 1.76. The van der Waals surface area contributed by atoms with Crippen LogP contribution in [0.25, 0.3) is 0 Å². The van der Waals surface area contributed by atoms with Gasteiger partial charge >= 0.3 is 0 Å². The second-order valence-corrected chi connectivity index (χ2v) is 5.65. The first kappa shape index (κ1) is 26.0. The van der Waals surface area contributed by atoms with Crippen molar-refractivity contribution in [3.8, 4) is 0 Å². The predicted molar refractivity (Wildman–Crippen MR) is 92.1 cm³/mol. The number of carbonyl (C=O) groups is 2. The Morgan fingerprint density at radius 2 is 1.23 bits per heavy atom. The SMILES string of the molecule is CC.CC.CNC(=O)COC(C)(C)CC(C)(C)OCC(C)=O. The molecule has 0 atom stereocenters. The van der Waals surface area contributed by atoms with Crippen molar-refractivity contribution in [3.63, 3.8) is 0 Å². The molecule has 0 aliphatic carbocycles. The Hall–Kier alpha value is -0.940. The molecule has 22 heavy (non-hydrogen) atoms. The third-order valence-electron chi connectivity index (χ3n) is 2.39. The summed E-state index contributed by atoms with van der Waals surface area (Å²) >= 11 is 0. The number of likely N-dealkylation sites (N-methyl/N-ethyl adjacent to an activating group) is 1. The first-order chi connectivity index (χ1) is 10.1. The molecule has 0 spiro atoms. The third kappa shape index (κ3) is 17.1. The summed E-state index contributed by atoms with van der Waals surface area (Å²) in [5.74, 6) is -0.169. The Kier molecular flexibility index (Phi) is 16.2. The molecular formula is C17H37NO4. The Labute approximate surface area is 137 Å². The number of hydrogen-bond donors (Lipinski definition) is 1. The van der Waals surface area contributed by atoms with E-state index in [4.69, 9.17) is 9.47 Å². The number of ketones is 1. The molecule has 0 aromatic carbocycles. The van der Waals surface area contributed by atoms with Crippen LogP contribution >= 0.6 is 0 Å². The van der Waals surface area contributed by atoms with Gasteiger partial charge in [-0.25, -0.2) is 0 Å². The molecule has 5 nitrogen and oxygen atoms in total. The lowest BCUT2D eigenvalue weighted by Crippen LogP contribution is -2.40. The minimum Gasteiger partial charge on any atom is -0.368 e. The normalized spacial score (nSPS) is 10.6. The highest BCUT2D eigenvalue weighted by atomic mass is 16.5. The van der Waals surface area contributed by atoms with Gasteiger partial charge < -0.3 is 14.8 Å². The van der Waals surface area contributed by atoms with Gasteiger partial charge in [0.2, 0.25) is 5.91 Å². The van der Waals surface area contributed by atoms with Crippen molar-refractivity contribution in [2.75, 3.05) is 20.3 Å². The number of Topliss-reactive ketones (excluding diaryl/α,β-unsaturated/α-hetero) is 1. The minimum absolute atomic E-state index is 0.00726. The minimum atomic E-state index is -0.493. The van der Waals surface area contributed by atoms with E-state index >= 15 is 0 Å². The lowest BCUT2D eigenvalue weighted by Gasteiger charge is -2.34. The molecule has 0 aliphatic rings. The van der Waals surface area contributed by atoms with Gasteiger partial charge in [0, 0.05) is 13.5 Å². The molecule has 0 aromatic rings. The first-order valence-electron chi connectivity index (χ1n) is 8.06. The van der Waals surface area contributed by atoms with Crippen LogP contribution < -0.4 is 5.32 Å². The number of nitrogens with one attached hydrogen (secondary N) is 1. The smallest absolute Gasteiger partial charge is 0.245 e. The van der Waals surface area contributed by atoms with Crippen molar-refractivity contribution in [2.24, 2.45) is 0 Å². The van der Waals surface area contributed by atoms with E-state index in [1.807, 2.05) is 55.4 Å². The molecule has 5 heteroatoms. The summed E-state index contributed by atoms with van der Waals surface area (Å²) in [6.07, 6.45) is 0.588. The molecule has 0 aliphatic heterocycles. The lowest BCUT2D eigenvalue weighted by atomic mass is 9.92. The summed E-state index contributed by atoms with van der Waals surface area (Å²) in [7, 11) is 1.57. The van der Waals surface area contributed by atoms with Crippen LogP contribution in [0.2, 0.25) is 0 Å². The van der Waals surface area contributed by atoms with Crippen LogP contribution in [0.4, 0.5) is 0 Å². The van der Waals surface area contributed by atoms with Crippen molar-refractivity contribution in [1.29, 1.82) is 0 Å². The van der Waals surface area contributed by atoms with Crippen molar-refractivity contribution < 1.29 is 19.1 Å². The van der Waals surface area contributed by atoms with Gasteiger partial charge in [-0.3, -0.25) is 9.59 Å².